The zero-order valence-electron chi connectivity index (χ0n) is 24.2. The average molecular weight is 576 g/mol. The van der Waals surface area contributed by atoms with Crippen LogP contribution in [0.25, 0.3) is 17.1 Å². The molecule has 214 valence electrons. The summed E-state index contributed by atoms with van der Waals surface area (Å²) < 4.78 is 16.4. The lowest BCUT2D eigenvalue weighted by Crippen LogP contribution is -2.43. The summed E-state index contributed by atoms with van der Waals surface area (Å²) in [6, 6.07) is 10.2. The highest BCUT2D eigenvalue weighted by molar-refractivity contribution is 7.07. The Bertz CT molecular complexity index is 1960. The van der Waals surface area contributed by atoms with E-state index in [9.17, 15) is 14.4 Å². The van der Waals surface area contributed by atoms with Crippen LogP contribution < -0.4 is 30.1 Å². The number of aryl methyl sites for hydroxylation is 2. The molecule has 1 aliphatic rings. The van der Waals surface area contributed by atoms with Gasteiger partial charge in [0, 0.05) is 32.7 Å². The summed E-state index contributed by atoms with van der Waals surface area (Å²) in [6.07, 6.45) is 1.80. The average Bonchev–Trinajstić information content (AvgIpc) is 3.39. The summed E-state index contributed by atoms with van der Waals surface area (Å²) in [6.45, 7) is 6.68. The lowest BCUT2D eigenvalue weighted by atomic mass is 9.93. The van der Waals surface area contributed by atoms with Crippen LogP contribution in [0.3, 0.4) is 0 Å². The van der Waals surface area contributed by atoms with Crippen molar-refractivity contribution >= 4 is 34.4 Å². The lowest BCUT2D eigenvalue weighted by molar-refractivity contribution is -0.127. The predicted molar refractivity (Wildman–Crippen MR) is 159 cm³/mol. The molecule has 10 nitrogen and oxygen atoms in total. The molecule has 3 heterocycles. The molecule has 11 heteroatoms. The normalized spacial score (nSPS) is 15.2. The fourth-order valence-electron chi connectivity index (χ4n) is 5.39. The van der Waals surface area contributed by atoms with Gasteiger partial charge in [0.2, 0.25) is 0 Å². The van der Waals surface area contributed by atoms with E-state index >= 15 is 0 Å². The minimum Gasteiger partial charge on any atom is -0.497 e. The van der Waals surface area contributed by atoms with Crippen molar-refractivity contribution in [3.05, 3.63) is 89.0 Å². The monoisotopic (exact) mass is 575 g/mol. The van der Waals surface area contributed by atoms with Gasteiger partial charge >= 0.3 is 5.69 Å². The van der Waals surface area contributed by atoms with Gasteiger partial charge in [-0.1, -0.05) is 17.4 Å². The van der Waals surface area contributed by atoms with Crippen molar-refractivity contribution in [2.45, 2.75) is 26.8 Å². The molecule has 0 saturated heterocycles. The summed E-state index contributed by atoms with van der Waals surface area (Å²) in [5.41, 5.74) is 3.54. The van der Waals surface area contributed by atoms with Crippen molar-refractivity contribution in [1.82, 2.24) is 18.6 Å². The number of nitrogens with zero attached hydrogens (tertiary/aromatic N) is 5. The second-order valence-electron chi connectivity index (χ2n) is 9.82. The van der Waals surface area contributed by atoms with Gasteiger partial charge in [-0.25, -0.2) is 9.79 Å². The zero-order chi connectivity index (χ0) is 29.6. The van der Waals surface area contributed by atoms with Crippen molar-refractivity contribution in [3.63, 3.8) is 0 Å². The quantitative estimate of drug-likeness (QED) is 0.337. The van der Waals surface area contributed by atoms with Gasteiger partial charge in [0.1, 0.15) is 17.5 Å². The zero-order valence-corrected chi connectivity index (χ0v) is 25.0. The molecule has 0 saturated carbocycles. The number of likely N-dealkylation sites (N-methyl/N-ethyl adjacent to an activating group) is 1. The van der Waals surface area contributed by atoms with E-state index in [1.165, 1.54) is 11.3 Å². The van der Waals surface area contributed by atoms with E-state index in [0.29, 0.717) is 50.8 Å². The molecular formula is C30H33N5O5S. The van der Waals surface area contributed by atoms with Gasteiger partial charge in [0.05, 0.1) is 41.1 Å². The van der Waals surface area contributed by atoms with E-state index in [2.05, 4.69) is 0 Å². The predicted octanol–water partition coefficient (Wildman–Crippen LogP) is 2.31. The van der Waals surface area contributed by atoms with Crippen LogP contribution in [0.1, 0.15) is 37.9 Å². The molecule has 2 aromatic carbocycles. The minimum absolute atomic E-state index is 0.121. The van der Waals surface area contributed by atoms with Gasteiger partial charge in [-0.3, -0.25) is 23.3 Å². The SMILES string of the molecule is CCN(CC)C(=O)C1=C(C)N=c2s/c(=C/c3ccc4c(c3)n(C)c(=O)n4C)c(=O)n2[C@H]1c1cc(OC)ccc1OC. The van der Waals surface area contributed by atoms with Crippen LogP contribution in [0, 0.1) is 0 Å². The maximum absolute atomic E-state index is 14.1. The topological polar surface area (TPSA) is 100 Å². The van der Waals surface area contributed by atoms with Crippen LogP contribution in [0.5, 0.6) is 11.5 Å². The highest BCUT2D eigenvalue weighted by Crippen LogP contribution is 2.38. The van der Waals surface area contributed by atoms with E-state index in [-0.39, 0.29) is 17.2 Å². The van der Waals surface area contributed by atoms with Gasteiger partial charge in [-0.2, -0.15) is 0 Å². The third-order valence-corrected chi connectivity index (χ3v) is 8.61. The number of methoxy groups -OCH3 is 2. The largest absolute Gasteiger partial charge is 0.497 e. The molecule has 0 fully saturated rings. The number of allylic oxidation sites excluding steroid dienone is 1. The van der Waals surface area contributed by atoms with Gasteiger partial charge in [0.25, 0.3) is 11.5 Å². The smallest absolute Gasteiger partial charge is 0.328 e. The molecule has 41 heavy (non-hydrogen) atoms. The number of thiazole rings is 1. The summed E-state index contributed by atoms with van der Waals surface area (Å²) in [5, 5.41) is 0. The van der Waals surface area contributed by atoms with Crippen LogP contribution in [0.4, 0.5) is 0 Å². The van der Waals surface area contributed by atoms with Crippen LogP contribution in [-0.4, -0.2) is 51.8 Å². The van der Waals surface area contributed by atoms with Crippen molar-refractivity contribution < 1.29 is 14.3 Å². The number of carbonyl (C=O) groups is 1. The number of aromatic nitrogens is 3. The standard InChI is InChI=1S/C30H33N5O5S/c1-8-34(9-2)28(37)25-17(3)31-29-35(26(25)20-16-19(39-6)11-13-23(20)40-7)27(36)24(41-29)15-18-10-12-21-22(14-18)33(5)30(38)32(21)4/h10-16,26H,8-9H2,1-7H3/b24-15+/t26-/m0/s1. The maximum Gasteiger partial charge on any atom is 0.328 e. The summed E-state index contributed by atoms with van der Waals surface area (Å²) in [7, 11) is 6.58. The molecule has 2 aromatic heterocycles. The molecule has 0 N–H and O–H groups in total. The number of benzene rings is 2. The first-order chi connectivity index (χ1) is 19.6. The fourth-order valence-corrected chi connectivity index (χ4v) is 6.44. The Morgan fingerprint density at radius 1 is 1.02 bits per heavy atom. The first-order valence-corrected chi connectivity index (χ1v) is 14.2. The number of imidazole rings is 1. The summed E-state index contributed by atoms with van der Waals surface area (Å²) >= 11 is 1.26. The van der Waals surface area contributed by atoms with E-state index < -0.39 is 6.04 Å². The molecule has 0 bridgehead atoms. The Kier molecular flexibility index (Phi) is 7.48. The Balaban J connectivity index is 1.77. The van der Waals surface area contributed by atoms with Crippen LogP contribution in [0.2, 0.25) is 0 Å². The van der Waals surface area contributed by atoms with Crippen molar-refractivity contribution in [1.29, 1.82) is 0 Å². The first kappa shape index (κ1) is 28.2. The number of hydrogen-bond acceptors (Lipinski definition) is 7. The molecule has 0 unspecified atom stereocenters. The molecule has 1 atom stereocenters. The van der Waals surface area contributed by atoms with Crippen LogP contribution >= 0.6 is 11.3 Å². The molecule has 1 aliphatic heterocycles. The number of ether oxygens (including phenoxy) is 2. The fraction of sp³-hybridized carbons (Fsp3) is 0.333. The van der Waals surface area contributed by atoms with Gasteiger partial charge in [-0.05, 0) is 62.7 Å². The molecule has 0 radical (unpaired) electrons. The third-order valence-electron chi connectivity index (χ3n) is 7.63. The minimum atomic E-state index is -0.774. The van der Waals surface area contributed by atoms with E-state index in [4.69, 9.17) is 14.5 Å². The molecule has 1 amide bonds. The maximum atomic E-state index is 14.1. The molecule has 4 aromatic rings. The Morgan fingerprint density at radius 2 is 1.73 bits per heavy atom. The number of amides is 1. The van der Waals surface area contributed by atoms with Gasteiger partial charge in [-0.15, -0.1) is 0 Å². The number of rotatable bonds is 7. The molecular weight excluding hydrogens is 542 g/mol. The van der Waals surface area contributed by atoms with Crippen LogP contribution in [0.15, 0.2) is 62.2 Å². The first-order valence-electron chi connectivity index (χ1n) is 13.3. The van der Waals surface area contributed by atoms with E-state index in [1.807, 2.05) is 32.0 Å². The van der Waals surface area contributed by atoms with Gasteiger partial charge in [0.15, 0.2) is 4.80 Å². The van der Waals surface area contributed by atoms with Crippen LogP contribution in [-0.2, 0) is 18.9 Å². The summed E-state index contributed by atoms with van der Waals surface area (Å²) in [4.78, 5) is 47.4. The Morgan fingerprint density at radius 3 is 2.39 bits per heavy atom. The number of carbonyl (C=O) groups excluding carboxylic acids is 1. The van der Waals surface area contributed by atoms with Crippen molar-refractivity contribution in [3.8, 4) is 11.5 Å². The second-order valence-corrected chi connectivity index (χ2v) is 10.8. The Hall–Kier alpha value is -4.38. The summed E-state index contributed by atoms with van der Waals surface area (Å²) in [5.74, 6) is 0.921. The lowest BCUT2D eigenvalue weighted by Gasteiger charge is -2.30. The second kappa shape index (κ2) is 10.9. The highest BCUT2D eigenvalue weighted by atomic mass is 32.1. The van der Waals surface area contributed by atoms with E-state index in [0.717, 1.165) is 16.6 Å². The van der Waals surface area contributed by atoms with Gasteiger partial charge < -0.3 is 14.4 Å². The third kappa shape index (κ3) is 4.59. The number of fused-ring (bicyclic) bond motifs is 2. The van der Waals surface area contributed by atoms with Crippen molar-refractivity contribution in [2.75, 3.05) is 27.3 Å². The number of hydrogen-bond donors (Lipinski definition) is 0. The highest BCUT2D eigenvalue weighted by Gasteiger charge is 2.36. The Labute approximate surface area is 240 Å². The molecule has 5 rings (SSSR count). The molecule has 0 spiro atoms. The molecule has 0 aliphatic carbocycles. The van der Waals surface area contributed by atoms with E-state index in [1.54, 1.807) is 78.1 Å². The van der Waals surface area contributed by atoms with Crippen molar-refractivity contribution in [2.24, 2.45) is 19.1 Å².